The van der Waals surface area contributed by atoms with E-state index in [0.29, 0.717) is 12.8 Å². The van der Waals surface area contributed by atoms with Gasteiger partial charge in [-0.25, -0.2) is 4.79 Å². The summed E-state index contributed by atoms with van der Waals surface area (Å²) in [6, 6.07) is -1.10. The van der Waals surface area contributed by atoms with E-state index in [0.717, 1.165) is 51.4 Å². The second-order valence-electron chi connectivity index (χ2n) is 7.11. The second-order valence-corrected chi connectivity index (χ2v) is 7.11. The van der Waals surface area contributed by atoms with Crippen molar-refractivity contribution in [3.8, 4) is 0 Å². The largest absolute Gasteiger partial charge is 1.00 e. The summed E-state index contributed by atoms with van der Waals surface area (Å²) in [5.41, 5.74) is 5.65. The Balaban J connectivity index is -0.000000130. The van der Waals surface area contributed by atoms with Gasteiger partial charge in [0.15, 0.2) is 0 Å². The van der Waals surface area contributed by atoms with Gasteiger partial charge in [-0.05, 0) is 19.3 Å². The van der Waals surface area contributed by atoms with Crippen molar-refractivity contribution in [1.82, 2.24) is 0 Å². The molecule has 0 aliphatic carbocycles. The summed E-state index contributed by atoms with van der Waals surface area (Å²) < 4.78 is 9.40. The number of carbonyl (C=O) groups is 4. The van der Waals surface area contributed by atoms with E-state index in [-0.39, 0.29) is 237 Å². The van der Waals surface area contributed by atoms with E-state index in [1.54, 1.807) is 0 Å². The fraction of sp³-hybridized carbons (Fsp3) is 0.810. The summed E-state index contributed by atoms with van der Waals surface area (Å²) in [6.45, 7) is 4.21. The molecule has 0 heterocycles. The van der Waals surface area contributed by atoms with Crippen molar-refractivity contribution in [3.05, 3.63) is 0 Å². The van der Waals surface area contributed by atoms with Crippen LogP contribution in [0.4, 0.5) is 0 Å². The molecule has 2 N–H and O–H groups in total. The van der Waals surface area contributed by atoms with Crippen molar-refractivity contribution < 1.29 is 240 Å². The van der Waals surface area contributed by atoms with E-state index >= 15 is 0 Å². The van der Waals surface area contributed by atoms with Gasteiger partial charge in [-0.2, -0.15) is 0 Å². The normalized spacial score (nSPS) is 10.2. The van der Waals surface area contributed by atoms with Crippen LogP contribution in [0.5, 0.6) is 0 Å². The van der Waals surface area contributed by atoms with E-state index in [1.165, 1.54) is 0 Å². The van der Waals surface area contributed by atoms with Gasteiger partial charge in [0.25, 0.3) is 0 Å². The van der Waals surface area contributed by atoms with Gasteiger partial charge in [0.1, 0.15) is 6.04 Å². The Morgan fingerprint density at radius 1 is 0.625 bits per heavy atom. The molecule has 0 rings (SSSR count). The first-order chi connectivity index (χ1) is 13.4. The second kappa shape index (κ2) is 33.8. The number of esters is 4. The van der Waals surface area contributed by atoms with Crippen molar-refractivity contribution in [2.24, 2.45) is 5.73 Å². The maximum atomic E-state index is 11.8. The van der Waals surface area contributed by atoms with E-state index in [2.05, 4.69) is 13.8 Å². The third-order valence-electron chi connectivity index (χ3n) is 4.37. The molecule has 1 atom stereocenters. The fourth-order valence-corrected chi connectivity index (χ4v) is 2.60. The zero-order valence-corrected chi connectivity index (χ0v) is 34.0. The zero-order valence-electron chi connectivity index (χ0n) is 25.5. The van der Waals surface area contributed by atoms with Crippen molar-refractivity contribution in [2.75, 3.05) is 0 Å². The smallest absolute Gasteiger partial charge is 1.00 e. The molecule has 0 unspecified atom stereocenters. The fourth-order valence-electron chi connectivity index (χ4n) is 2.60. The molecule has 0 aromatic rings. The van der Waals surface area contributed by atoms with Gasteiger partial charge in [0.2, 0.25) is 0 Å². The Hall–Kier alpha value is 4.79. The van der Waals surface area contributed by atoms with Gasteiger partial charge in [-0.3, -0.25) is 14.4 Å². The molecule has 0 amide bonds. The standard InChI is InChI=1S/C21H37NO6.4K.4H/c1-3-5-7-9-11-13-18(23)27-20(25)16-15-17(22)21(26)28-19(24)14-12-10-8-6-4-2;;;;;;;;/h17H,3-16,22H2,1-2H3;;;;;;;;/q;4*+1;4*-1/t17-;;;;;;;;/m0......../s1. The van der Waals surface area contributed by atoms with Gasteiger partial charge < -0.3 is 20.9 Å². The van der Waals surface area contributed by atoms with Gasteiger partial charge >= 0.3 is 229 Å². The number of hydrogen-bond donors (Lipinski definition) is 1. The van der Waals surface area contributed by atoms with Crippen LogP contribution in [0.15, 0.2) is 0 Å². The number of unbranched alkanes of at least 4 members (excludes halogenated alkanes) is 8. The molecule has 0 aliphatic rings. The molecule has 7 nitrogen and oxygen atoms in total. The predicted molar refractivity (Wildman–Crippen MR) is 111 cm³/mol. The first kappa shape index (κ1) is 46.6. The average Bonchev–Trinajstić information content (AvgIpc) is 2.65. The van der Waals surface area contributed by atoms with Crippen LogP contribution in [-0.2, 0) is 28.7 Å². The quantitative estimate of drug-likeness (QED) is 0.0865. The summed E-state index contributed by atoms with van der Waals surface area (Å²) in [7, 11) is 0. The first-order valence-electron chi connectivity index (χ1n) is 10.6. The maximum absolute atomic E-state index is 11.8. The zero-order chi connectivity index (χ0) is 21.2. The molecule has 32 heavy (non-hydrogen) atoms. The molecule has 0 aliphatic heterocycles. The van der Waals surface area contributed by atoms with Crippen LogP contribution in [0.2, 0.25) is 0 Å². The monoisotopic (exact) mass is 559 g/mol. The number of nitrogens with two attached hydrogens (primary N) is 1. The Kier molecular flexibility index (Phi) is 49.3. The predicted octanol–water partition coefficient (Wildman–Crippen LogP) is -7.58. The van der Waals surface area contributed by atoms with Crippen LogP contribution in [0.25, 0.3) is 0 Å². The number of carbonyl (C=O) groups excluding carboxylic acids is 4. The maximum Gasteiger partial charge on any atom is 1.00 e. The van der Waals surface area contributed by atoms with Gasteiger partial charge in [-0.15, -0.1) is 0 Å². The number of hydrogen-bond acceptors (Lipinski definition) is 7. The molecule has 0 saturated heterocycles. The van der Waals surface area contributed by atoms with Crippen molar-refractivity contribution in [3.63, 3.8) is 0 Å². The van der Waals surface area contributed by atoms with Gasteiger partial charge in [-0.1, -0.05) is 65.2 Å². The number of rotatable bonds is 16. The molecule has 170 valence electrons. The summed E-state index contributed by atoms with van der Waals surface area (Å²) in [5, 5.41) is 0. The Morgan fingerprint density at radius 3 is 1.44 bits per heavy atom. The van der Waals surface area contributed by atoms with Crippen LogP contribution >= 0.6 is 0 Å². The van der Waals surface area contributed by atoms with Crippen LogP contribution in [-0.4, -0.2) is 29.9 Å². The van der Waals surface area contributed by atoms with Gasteiger partial charge in [0.05, 0.1) is 0 Å². The van der Waals surface area contributed by atoms with Crippen molar-refractivity contribution in [1.29, 1.82) is 0 Å². The molecule has 0 saturated carbocycles. The number of ether oxygens (including phenoxy) is 2. The molecule has 0 spiro atoms. The SMILES string of the molecule is CCCCCCCC(=O)OC(=O)CC[C@H](N)C(=O)OC(=O)CCCCCCC.[H-].[H-].[H-].[H-].[K+].[K+].[K+].[K+]. The molecule has 0 aromatic carbocycles. The van der Waals surface area contributed by atoms with E-state index in [1.807, 2.05) is 0 Å². The van der Waals surface area contributed by atoms with Crippen LogP contribution in [0, 0.1) is 0 Å². The summed E-state index contributed by atoms with van der Waals surface area (Å²) >= 11 is 0. The van der Waals surface area contributed by atoms with E-state index < -0.39 is 29.9 Å². The molecule has 0 radical (unpaired) electrons. The molecule has 0 bridgehead atoms. The minimum atomic E-state index is -1.10. The van der Waals surface area contributed by atoms with Crippen molar-refractivity contribution >= 4 is 23.9 Å². The molecule has 0 fully saturated rings. The topological polar surface area (TPSA) is 113 Å². The molecular formula is C21H41K4NO6. The van der Waals surface area contributed by atoms with Crippen molar-refractivity contribution in [2.45, 2.75) is 110 Å². The Morgan fingerprint density at radius 2 is 1.00 bits per heavy atom. The third kappa shape index (κ3) is 31.0. The average molecular weight is 560 g/mol. The minimum absolute atomic E-state index is 0. The Labute approximate surface area is 370 Å². The van der Waals surface area contributed by atoms with Gasteiger partial charge in [0, 0.05) is 19.3 Å². The third-order valence-corrected chi connectivity index (χ3v) is 4.37. The minimum Gasteiger partial charge on any atom is -1.00 e. The molecular weight excluding hydrogens is 519 g/mol. The Bertz CT molecular complexity index is 513. The summed E-state index contributed by atoms with van der Waals surface area (Å²) in [6.07, 6.45) is 9.99. The molecule has 0 aromatic heterocycles. The van der Waals surface area contributed by atoms with Crippen LogP contribution in [0.3, 0.4) is 0 Å². The summed E-state index contributed by atoms with van der Waals surface area (Å²) in [4.78, 5) is 46.6. The van der Waals surface area contributed by atoms with E-state index in [9.17, 15) is 19.2 Å². The van der Waals surface area contributed by atoms with Crippen LogP contribution < -0.4 is 211 Å². The van der Waals surface area contributed by atoms with E-state index in [4.69, 9.17) is 15.2 Å². The first-order valence-corrected chi connectivity index (χ1v) is 10.6. The molecule has 11 heteroatoms. The van der Waals surface area contributed by atoms with Crippen LogP contribution in [0.1, 0.15) is 109 Å². The summed E-state index contributed by atoms with van der Waals surface area (Å²) in [5.74, 6) is -2.73.